The Labute approximate surface area is 207 Å². The molecule has 0 fully saturated rings. The van der Waals surface area contributed by atoms with E-state index in [-0.39, 0.29) is 29.6 Å². The second-order valence-corrected chi connectivity index (χ2v) is 9.36. The Morgan fingerprint density at radius 1 is 1.06 bits per heavy atom. The number of nitrogens with zero attached hydrogens (tertiary/aromatic N) is 2. The fourth-order valence-corrected chi connectivity index (χ4v) is 4.76. The SMILES string of the molecule is CC(C)C(=O)N1N=C(c2c(-c3ccccc3)c3cc(Cl)ccc3[nH]c2=O)C[C@@H]1c1ccccc1O. The van der Waals surface area contributed by atoms with E-state index in [2.05, 4.69) is 4.98 Å². The van der Waals surface area contributed by atoms with E-state index in [0.29, 0.717) is 32.9 Å². The smallest absolute Gasteiger partial charge is 0.258 e. The summed E-state index contributed by atoms with van der Waals surface area (Å²) in [7, 11) is 0. The van der Waals surface area contributed by atoms with Crippen molar-refractivity contribution in [2.24, 2.45) is 11.0 Å². The molecule has 1 aliphatic heterocycles. The number of phenols is 1. The number of hydrazone groups is 1. The molecule has 6 nitrogen and oxygen atoms in total. The summed E-state index contributed by atoms with van der Waals surface area (Å²) < 4.78 is 0. The van der Waals surface area contributed by atoms with Crippen molar-refractivity contribution >= 4 is 34.1 Å². The van der Waals surface area contributed by atoms with Gasteiger partial charge in [0.25, 0.3) is 5.56 Å². The van der Waals surface area contributed by atoms with Crippen LogP contribution in [0.5, 0.6) is 5.75 Å². The molecule has 3 aromatic carbocycles. The molecule has 2 N–H and O–H groups in total. The first-order valence-corrected chi connectivity index (χ1v) is 11.8. The highest BCUT2D eigenvalue weighted by molar-refractivity contribution is 6.31. The zero-order valence-corrected chi connectivity index (χ0v) is 20.1. The Morgan fingerprint density at radius 2 is 1.77 bits per heavy atom. The van der Waals surface area contributed by atoms with E-state index < -0.39 is 6.04 Å². The third-order valence-corrected chi connectivity index (χ3v) is 6.49. The van der Waals surface area contributed by atoms with Gasteiger partial charge in [-0.2, -0.15) is 5.10 Å². The number of H-pyrrole nitrogens is 1. The average molecular weight is 486 g/mol. The molecule has 1 aliphatic rings. The normalized spacial score (nSPS) is 15.6. The Morgan fingerprint density at radius 3 is 2.49 bits per heavy atom. The van der Waals surface area contributed by atoms with Crippen LogP contribution >= 0.6 is 11.6 Å². The Balaban J connectivity index is 1.76. The molecule has 0 saturated heterocycles. The minimum Gasteiger partial charge on any atom is -0.508 e. The number of hydrogen-bond acceptors (Lipinski definition) is 4. The van der Waals surface area contributed by atoms with Crippen molar-refractivity contribution in [2.45, 2.75) is 26.3 Å². The van der Waals surface area contributed by atoms with Crippen molar-refractivity contribution in [1.29, 1.82) is 0 Å². The highest BCUT2D eigenvalue weighted by Gasteiger charge is 2.37. The molecular formula is C28H24ClN3O3. The molecule has 0 radical (unpaired) electrons. The van der Waals surface area contributed by atoms with E-state index >= 15 is 0 Å². The molecule has 0 unspecified atom stereocenters. The number of amides is 1. The summed E-state index contributed by atoms with van der Waals surface area (Å²) in [5, 5.41) is 18.0. The number of pyridine rings is 1. The molecule has 7 heteroatoms. The lowest BCUT2D eigenvalue weighted by Crippen LogP contribution is -2.30. The van der Waals surface area contributed by atoms with Crippen LogP contribution in [-0.2, 0) is 4.79 Å². The predicted octanol–water partition coefficient (Wildman–Crippen LogP) is 5.89. The van der Waals surface area contributed by atoms with Crippen LogP contribution in [-0.4, -0.2) is 26.7 Å². The molecule has 0 saturated carbocycles. The first kappa shape index (κ1) is 22.9. The molecule has 35 heavy (non-hydrogen) atoms. The van der Waals surface area contributed by atoms with Gasteiger partial charge in [0.2, 0.25) is 5.91 Å². The highest BCUT2D eigenvalue weighted by atomic mass is 35.5. The quantitative estimate of drug-likeness (QED) is 0.378. The predicted molar refractivity (Wildman–Crippen MR) is 139 cm³/mol. The van der Waals surface area contributed by atoms with Crippen LogP contribution in [0.15, 0.2) is 82.7 Å². The number of carbonyl (C=O) groups is 1. The minimum atomic E-state index is -0.529. The molecule has 1 aromatic heterocycles. The summed E-state index contributed by atoms with van der Waals surface area (Å²) in [5.41, 5.74) is 3.37. The second-order valence-electron chi connectivity index (χ2n) is 8.92. The van der Waals surface area contributed by atoms with Crippen molar-refractivity contribution in [1.82, 2.24) is 9.99 Å². The van der Waals surface area contributed by atoms with Crippen LogP contribution in [0.4, 0.5) is 0 Å². The number of aromatic nitrogens is 1. The van der Waals surface area contributed by atoms with Gasteiger partial charge in [0.05, 0.1) is 17.3 Å². The van der Waals surface area contributed by atoms with Crippen molar-refractivity contribution in [3.63, 3.8) is 0 Å². The lowest BCUT2D eigenvalue weighted by molar-refractivity contribution is -0.136. The van der Waals surface area contributed by atoms with Gasteiger partial charge in [0.1, 0.15) is 5.75 Å². The van der Waals surface area contributed by atoms with Crippen molar-refractivity contribution < 1.29 is 9.90 Å². The number of halogens is 1. The maximum Gasteiger partial charge on any atom is 0.258 e. The third-order valence-electron chi connectivity index (χ3n) is 6.25. The maximum atomic E-state index is 13.5. The van der Waals surface area contributed by atoms with Crippen molar-refractivity contribution in [3.05, 3.63) is 99.3 Å². The molecule has 0 spiro atoms. The van der Waals surface area contributed by atoms with Crippen LogP contribution in [0.2, 0.25) is 5.02 Å². The molecule has 0 bridgehead atoms. The molecule has 176 valence electrons. The van der Waals surface area contributed by atoms with E-state index in [1.807, 2.05) is 42.5 Å². The number of rotatable bonds is 4. The van der Waals surface area contributed by atoms with E-state index in [1.54, 1.807) is 44.2 Å². The fraction of sp³-hybridized carbons (Fsp3) is 0.179. The molecule has 0 aliphatic carbocycles. The number of aromatic amines is 1. The number of hydrogen-bond donors (Lipinski definition) is 2. The van der Waals surface area contributed by atoms with Gasteiger partial charge in [0, 0.05) is 39.4 Å². The molecule has 5 rings (SSSR count). The van der Waals surface area contributed by atoms with Gasteiger partial charge in [-0.25, -0.2) is 5.01 Å². The summed E-state index contributed by atoms with van der Waals surface area (Å²) in [5.74, 6) is -0.415. The summed E-state index contributed by atoms with van der Waals surface area (Å²) in [4.78, 5) is 29.6. The lowest BCUT2D eigenvalue weighted by atomic mass is 9.91. The number of benzene rings is 3. The van der Waals surface area contributed by atoms with Crippen LogP contribution in [0.1, 0.15) is 37.4 Å². The topological polar surface area (TPSA) is 85.8 Å². The van der Waals surface area contributed by atoms with E-state index in [0.717, 1.165) is 10.9 Å². The largest absolute Gasteiger partial charge is 0.508 e. The zero-order chi connectivity index (χ0) is 24.7. The summed E-state index contributed by atoms with van der Waals surface area (Å²) in [6.07, 6.45) is 0.283. The van der Waals surface area contributed by atoms with Crippen LogP contribution in [0.3, 0.4) is 0 Å². The standard InChI is InChI=1S/C28H24ClN3O3/c1-16(2)28(35)32-23(19-10-6-7-11-24(19)33)15-22(31-32)26-25(17-8-4-3-5-9-17)20-14-18(29)12-13-21(20)30-27(26)34/h3-14,16,23,33H,15H2,1-2H3,(H,30,34)/t23-/m1/s1. The van der Waals surface area contributed by atoms with Gasteiger partial charge in [0.15, 0.2) is 0 Å². The number of phenolic OH excluding ortho intramolecular Hbond substituents is 1. The van der Waals surface area contributed by atoms with E-state index in [4.69, 9.17) is 16.7 Å². The van der Waals surface area contributed by atoms with Crippen LogP contribution < -0.4 is 5.56 Å². The highest BCUT2D eigenvalue weighted by Crippen LogP contribution is 2.40. The second kappa shape index (κ2) is 9.04. The van der Waals surface area contributed by atoms with Gasteiger partial charge in [-0.3, -0.25) is 9.59 Å². The summed E-state index contributed by atoms with van der Waals surface area (Å²) >= 11 is 6.35. The summed E-state index contributed by atoms with van der Waals surface area (Å²) in [6, 6.07) is 21.3. The van der Waals surface area contributed by atoms with Gasteiger partial charge in [-0.15, -0.1) is 0 Å². The van der Waals surface area contributed by atoms with E-state index in [1.165, 1.54) is 5.01 Å². The van der Waals surface area contributed by atoms with E-state index in [9.17, 15) is 14.7 Å². The number of carbonyl (C=O) groups excluding carboxylic acids is 1. The molecule has 2 heterocycles. The lowest BCUT2D eigenvalue weighted by Gasteiger charge is -2.24. The average Bonchev–Trinajstić information content (AvgIpc) is 3.28. The third kappa shape index (κ3) is 4.10. The maximum absolute atomic E-state index is 13.5. The molecule has 4 aromatic rings. The van der Waals surface area contributed by atoms with Crippen molar-refractivity contribution in [2.75, 3.05) is 0 Å². The Kier molecular flexibility index (Phi) is 5.91. The number of nitrogens with one attached hydrogen (secondary N) is 1. The number of para-hydroxylation sites is 1. The van der Waals surface area contributed by atoms with Crippen LogP contribution in [0.25, 0.3) is 22.0 Å². The molecule has 1 amide bonds. The fourth-order valence-electron chi connectivity index (χ4n) is 4.59. The van der Waals surface area contributed by atoms with Gasteiger partial charge < -0.3 is 10.1 Å². The minimum absolute atomic E-state index is 0.0815. The van der Waals surface area contributed by atoms with Crippen molar-refractivity contribution in [3.8, 4) is 16.9 Å². The summed E-state index contributed by atoms with van der Waals surface area (Å²) in [6.45, 7) is 3.61. The number of aromatic hydroxyl groups is 1. The zero-order valence-electron chi connectivity index (χ0n) is 19.3. The van der Waals surface area contributed by atoms with Gasteiger partial charge in [-0.1, -0.05) is 74.0 Å². The van der Waals surface area contributed by atoms with Gasteiger partial charge >= 0.3 is 0 Å². The van der Waals surface area contributed by atoms with Gasteiger partial charge in [-0.05, 0) is 29.8 Å². The first-order valence-electron chi connectivity index (χ1n) is 11.4. The Bertz CT molecular complexity index is 1530. The number of fused-ring (bicyclic) bond motifs is 1. The molecular weight excluding hydrogens is 462 g/mol. The molecule has 1 atom stereocenters. The first-order chi connectivity index (χ1) is 16.8. The Hall–Kier alpha value is -3.90. The van der Waals surface area contributed by atoms with Crippen LogP contribution in [0, 0.1) is 5.92 Å². The monoisotopic (exact) mass is 485 g/mol.